The normalized spacial score (nSPS) is 11.2. The average molecular weight is 488 g/mol. The van der Waals surface area contributed by atoms with Crippen LogP contribution in [0.5, 0.6) is 0 Å². The molecule has 0 spiro atoms. The second-order valence-electron chi connectivity index (χ2n) is 9.06. The molecular formula is C33H21N5. The van der Waals surface area contributed by atoms with Crippen LogP contribution >= 0.6 is 0 Å². The summed E-state index contributed by atoms with van der Waals surface area (Å²) in [5, 5.41) is 2.14. The molecule has 0 N–H and O–H groups in total. The number of nitrogens with zero attached hydrogens (tertiary/aromatic N) is 5. The van der Waals surface area contributed by atoms with E-state index in [1.807, 2.05) is 91.3 Å². The van der Waals surface area contributed by atoms with Crippen molar-refractivity contribution < 1.29 is 0 Å². The summed E-state index contributed by atoms with van der Waals surface area (Å²) in [5.41, 5.74) is 6.70. The first-order valence-corrected chi connectivity index (χ1v) is 12.4. The van der Waals surface area contributed by atoms with Gasteiger partial charge in [0, 0.05) is 45.4 Å². The van der Waals surface area contributed by atoms with Crippen molar-refractivity contribution in [2.24, 2.45) is 0 Å². The minimum absolute atomic E-state index is 0.628. The van der Waals surface area contributed by atoms with Crippen LogP contribution in [0.25, 0.3) is 67.1 Å². The molecule has 0 radical (unpaired) electrons. The van der Waals surface area contributed by atoms with Crippen LogP contribution < -0.4 is 0 Å². The van der Waals surface area contributed by atoms with Gasteiger partial charge in [-0.3, -0.25) is 9.97 Å². The molecule has 0 amide bonds. The van der Waals surface area contributed by atoms with Crippen LogP contribution in [0.1, 0.15) is 0 Å². The highest BCUT2D eigenvalue weighted by Crippen LogP contribution is 2.30. The predicted octanol–water partition coefficient (Wildman–Crippen LogP) is 7.64. The van der Waals surface area contributed by atoms with E-state index >= 15 is 0 Å². The Morgan fingerprint density at radius 1 is 0.368 bits per heavy atom. The van der Waals surface area contributed by atoms with E-state index in [0.717, 1.165) is 49.6 Å². The lowest BCUT2D eigenvalue weighted by atomic mass is 10.0. The van der Waals surface area contributed by atoms with E-state index < -0.39 is 0 Å². The smallest absolute Gasteiger partial charge is 0.164 e. The van der Waals surface area contributed by atoms with Crippen LogP contribution in [-0.4, -0.2) is 24.9 Å². The third-order valence-electron chi connectivity index (χ3n) is 6.58. The summed E-state index contributed by atoms with van der Waals surface area (Å²) in [6.45, 7) is 0. The maximum absolute atomic E-state index is 4.87. The number of hydrogen-bond acceptors (Lipinski definition) is 5. The lowest BCUT2D eigenvalue weighted by molar-refractivity contribution is 1.07. The molecule has 0 atom stereocenters. The van der Waals surface area contributed by atoms with Crippen LogP contribution in [0, 0.1) is 0 Å². The highest BCUT2D eigenvalue weighted by molar-refractivity contribution is 6.03. The third-order valence-corrected chi connectivity index (χ3v) is 6.58. The first kappa shape index (κ1) is 21.9. The summed E-state index contributed by atoms with van der Waals surface area (Å²) in [7, 11) is 0. The van der Waals surface area contributed by atoms with Gasteiger partial charge in [0.05, 0.1) is 11.0 Å². The zero-order valence-corrected chi connectivity index (χ0v) is 20.4. The first-order chi connectivity index (χ1) is 18.8. The van der Waals surface area contributed by atoms with Crippen LogP contribution in [0.15, 0.2) is 128 Å². The fourth-order valence-corrected chi connectivity index (χ4v) is 4.67. The number of hydrogen-bond donors (Lipinski definition) is 0. The van der Waals surface area contributed by atoms with Crippen molar-refractivity contribution in [1.29, 1.82) is 0 Å². The monoisotopic (exact) mass is 487 g/mol. The number of aromatic nitrogens is 5. The molecule has 0 aliphatic heterocycles. The van der Waals surface area contributed by atoms with E-state index in [1.54, 1.807) is 0 Å². The molecule has 178 valence electrons. The number of pyridine rings is 2. The first-order valence-electron chi connectivity index (χ1n) is 12.4. The minimum Gasteiger partial charge on any atom is -0.254 e. The Balaban J connectivity index is 1.35. The molecule has 4 aromatic carbocycles. The van der Waals surface area contributed by atoms with Gasteiger partial charge in [0.1, 0.15) is 0 Å². The van der Waals surface area contributed by atoms with E-state index in [4.69, 9.17) is 19.9 Å². The Morgan fingerprint density at radius 3 is 1.66 bits per heavy atom. The maximum Gasteiger partial charge on any atom is 0.164 e. The highest BCUT2D eigenvalue weighted by atomic mass is 15.0. The zero-order chi connectivity index (χ0) is 25.3. The Morgan fingerprint density at radius 2 is 0.947 bits per heavy atom. The van der Waals surface area contributed by atoms with E-state index in [0.29, 0.717) is 17.5 Å². The van der Waals surface area contributed by atoms with Crippen molar-refractivity contribution in [2.45, 2.75) is 0 Å². The van der Waals surface area contributed by atoms with E-state index in [1.165, 1.54) is 0 Å². The molecule has 3 heterocycles. The topological polar surface area (TPSA) is 64.5 Å². The van der Waals surface area contributed by atoms with Crippen LogP contribution in [0.3, 0.4) is 0 Å². The van der Waals surface area contributed by atoms with Gasteiger partial charge in [-0.15, -0.1) is 0 Å². The average Bonchev–Trinajstić information content (AvgIpc) is 3.01. The van der Waals surface area contributed by atoms with Gasteiger partial charge in [0.15, 0.2) is 17.5 Å². The summed E-state index contributed by atoms with van der Waals surface area (Å²) >= 11 is 0. The summed E-state index contributed by atoms with van der Waals surface area (Å²) in [4.78, 5) is 23.9. The van der Waals surface area contributed by atoms with Gasteiger partial charge in [0.2, 0.25) is 0 Å². The summed E-state index contributed by atoms with van der Waals surface area (Å²) in [6, 6.07) is 38.6. The molecular weight excluding hydrogens is 466 g/mol. The molecule has 0 saturated carbocycles. The van der Waals surface area contributed by atoms with Crippen molar-refractivity contribution in [3.8, 4) is 45.3 Å². The molecule has 0 unspecified atom stereocenters. The Bertz CT molecular complexity index is 1860. The van der Waals surface area contributed by atoms with E-state index in [2.05, 4.69) is 41.4 Å². The molecule has 5 heteroatoms. The van der Waals surface area contributed by atoms with Gasteiger partial charge in [0.25, 0.3) is 0 Å². The van der Waals surface area contributed by atoms with Crippen molar-refractivity contribution in [2.75, 3.05) is 0 Å². The summed E-state index contributed by atoms with van der Waals surface area (Å²) in [6.07, 6.45) is 3.72. The van der Waals surface area contributed by atoms with Gasteiger partial charge in [-0.1, -0.05) is 97.1 Å². The molecule has 38 heavy (non-hydrogen) atoms. The van der Waals surface area contributed by atoms with Gasteiger partial charge < -0.3 is 0 Å². The predicted molar refractivity (Wildman–Crippen MR) is 152 cm³/mol. The second kappa shape index (κ2) is 9.30. The van der Waals surface area contributed by atoms with E-state index in [-0.39, 0.29) is 0 Å². The van der Waals surface area contributed by atoms with Gasteiger partial charge in [-0.2, -0.15) is 0 Å². The Kier molecular flexibility index (Phi) is 5.37. The maximum atomic E-state index is 4.87. The molecule has 7 aromatic rings. The van der Waals surface area contributed by atoms with Crippen LogP contribution in [-0.2, 0) is 0 Å². The SMILES string of the molecule is c1ccc(-c2nc(-c3ccccc3)nc(-c3cccc(-c4cnc5c(ccc6cccnc65)c4)c3)n2)cc1. The number of rotatable bonds is 4. The molecule has 0 saturated heterocycles. The molecule has 5 nitrogen and oxygen atoms in total. The minimum atomic E-state index is 0.628. The summed E-state index contributed by atoms with van der Waals surface area (Å²) in [5.74, 6) is 1.92. The van der Waals surface area contributed by atoms with Gasteiger partial charge in [-0.05, 0) is 23.8 Å². The zero-order valence-electron chi connectivity index (χ0n) is 20.4. The fourth-order valence-electron chi connectivity index (χ4n) is 4.67. The van der Waals surface area contributed by atoms with Crippen LogP contribution in [0.4, 0.5) is 0 Å². The lowest BCUT2D eigenvalue weighted by Gasteiger charge is -2.10. The Labute approximate surface area is 219 Å². The van der Waals surface area contributed by atoms with Crippen molar-refractivity contribution in [3.63, 3.8) is 0 Å². The quantitative estimate of drug-likeness (QED) is 0.239. The van der Waals surface area contributed by atoms with Crippen molar-refractivity contribution in [1.82, 2.24) is 24.9 Å². The number of fused-ring (bicyclic) bond motifs is 3. The molecule has 3 aromatic heterocycles. The summed E-state index contributed by atoms with van der Waals surface area (Å²) < 4.78 is 0. The third kappa shape index (κ3) is 4.06. The molecule has 0 aliphatic rings. The fraction of sp³-hybridized carbons (Fsp3) is 0. The van der Waals surface area contributed by atoms with Crippen LogP contribution in [0.2, 0.25) is 0 Å². The second-order valence-corrected chi connectivity index (χ2v) is 9.06. The van der Waals surface area contributed by atoms with Gasteiger partial charge >= 0.3 is 0 Å². The molecule has 7 rings (SSSR count). The molecule has 0 bridgehead atoms. The van der Waals surface area contributed by atoms with Crippen molar-refractivity contribution >= 4 is 21.8 Å². The highest BCUT2D eigenvalue weighted by Gasteiger charge is 2.13. The number of benzene rings is 4. The standard InChI is InChI=1S/C33H21N5/c1-3-9-23(10-4-1)31-36-32(24-11-5-2-6-12-24)38-33(37-31)27-14-7-13-25(19-27)28-20-26-17-16-22-15-8-18-34-29(22)30(26)35-21-28/h1-21H. The lowest BCUT2D eigenvalue weighted by Crippen LogP contribution is -2.00. The molecule has 0 aliphatic carbocycles. The molecule has 0 fully saturated rings. The largest absolute Gasteiger partial charge is 0.254 e. The van der Waals surface area contributed by atoms with E-state index in [9.17, 15) is 0 Å². The van der Waals surface area contributed by atoms with Crippen molar-refractivity contribution in [3.05, 3.63) is 128 Å². The van der Waals surface area contributed by atoms with Gasteiger partial charge in [-0.25, -0.2) is 15.0 Å². The Hall–Kier alpha value is -5.29.